The Kier molecular flexibility index (Phi) is 3.97. The van der Waals surface area contributed by atoms with Crippen LogP contribution in [0.2, 0.25) is 0 Å². The number of hydrogen-bond acceptors (Lipinski definition) is 5. The van der Waals surface area contributed by atoms with Crippen LogP contribution in [-0.2, 0) is 11.2 Å². The van der Waals surface area contributed by atoms with Crippen molar-refractivity contribution in [3.05, 3.63) is 53.2 Å². The molecule has 0 aliphatic carbocycles. The van der Waals surface area contributed by atoms with Crippen LogP contribution < -0.4 is 9.64 Å². The molecule has 6 nitrogen and oxygen atoms in total. The fourth-order valence-electron chi connectivity index (χ4n) is 2.64. The van der Waals surface area contributed by atoms with Crippen molar-refractivity contribution in [1.29, 1.82) is 0 Å². The molecule has 1 aromatic carbocycles. The summed E-state index contributed by atoms with van der Waals surface area (Å²) in [5.74, 6) is -0.0345. The third-order valence-electron chi connectivity index (χ3n) is 3.83. The largest absolute Gasteiger partial charge is 0.481 e. The average molecular weight is 312 g/mol. The van der Waals surface area contributed by atoms with Crippen molar-refractivity contribution in [3.63, 3.8) is 0 Å². The zero-order valence-corrected chi connectivity index (χ0v) is 12.9. The number of amides is 1. The topological polar surface area (TPSA) is 68.7 Å². The minimum Gasteiger partial charge on any atom is -0.481 e. The smallest absolute Gasteiger partial charge is 0.337 e. The summed E-state index contributed by atoms with van der Waals surface area (Å²) in [6.07, 6.45) is 2.21. The third-order valence-corrected chi connectivity index (χ3v) is 3.83. The van der Waals surface area contributed by atoms with Gasteiger partial charge in [-0.05, 0) is 36.2 Å². The molecule has 23 heavy (non-hydrogen) atoms. The number of methoxy groups -OCH3 is 2. The van der Waals surface area contributed by atoms with Crippen molar-refractivity contribution < 1.29 is 19.1 Å². The number of pyridine rings is 1. The van der Waals surface area contributed by atoms with E-state index < -0.39 is 0 Å². The number of ether oxygens (including phenoxy) is 2. The lowest BCUT2D eigenvalue weighted by molar-refractivity contribution is 0.0600. The molecule has 118 valence electrons. The average Bonchev–Trinajstić information content (AvgIpc) is 3.03. The third kappa shape index (κ3) is 2.75. The Hall–Kier alpha value is -2.89. The number of aromatic nitrogens is 1. The first-order valence-electron chi connectivity index (χ1n) is 7.17. The molecule has 0 bridgehead atoms. The maximum Gasteiger partial charge on any atom is 0.337 e. The van der Waals surface area contributed by atoms with Crippen LogP contribution in [0.15, 0.2) is 36.5 Å². The normalized spacial score (nSPS) is 12.7. The quantitative estimate of drug-likeness (QED) is 0.812. The van der Waals surface area contributed by atoms with E-state index >= 15 is 0 Å². The highest BCUT2D eigenvalue weighted by atomic mass is 16.5. The molecule has 0 fully saturated rings. The lowest BCUT2D eigenvalue weighted by Gasteiger charge is -2.17. The summed E-state index contributed by atoms with van der Waals surface area (Å²) in [4.78, 5) is 30.0. The number of anilines is 1. The van der Waals surface area contributed by atoms with Gasteiger partial charge in [-0.15, -0.1) is 0 Å². The molecule has 0 saturated carbocycles. The molecule has 2 heterocycles. The van der Waals surface area contributed by atoms with Crippen LogP contribution in [0.25, 0.3) is 0 Å². The van der Waals surface area contributed by atoms with Crippen LogP contribution >= 0.6 is 0 Å². The Morgan fingerprint density at radius 2 is 1.91 bits per heavy atom. The fourth-order valence-corrected chi connectivity index (χ4v) is 2.64. The first kappa shape index (κ1) is 15.0. The van der Waals surface area contributed by atoms with Crippen molar-refractivity contribution >= 4 is 17.6 Å². The van der Waals surface area contributed by atoms with Gasteiger partial charge in [0.25, 0.3) is 5.91 Å². The minimum absolute atomic E-state index is 0.121. The molecule has 0 atom stereocenters. The summed E-state index contributed by atoms with van der Waals surface area (Å²) >= 11 is 0. The number of rotatable bonds is 3. The van der Waals surface area contributed by atoms with Gasteiger partial charge in [0.2, 0.25) is 5.88 Å². The molecule has 1 amide bonds. The molecule has 0 unspecified atom stereocenters. The van der Waals surface area contributed by atoms with E-state index in [1.807, 2.05) is 0 Å². The molecule has 2 aromatic rings. The van der Waals surface area contributed by atoms with Crippen LogP contribution in [0, 0.1) is 0 Å². The number of carbonyl (C=O) groups is 2. The lowest BCUT2D eigenvalue weighted by Crippen LogP contribution is -2.28. The molecule has 3 rings (SSSR count). The second kappa shape index (κ2) is 6.08. The van der Waals surface area contributed by atoms with Crippen molar-refractivity contribution in [2.45, 2.75) is 6.42 Å². The van der Waals surface area contributed by atoms with Gasteiger partial charge in [-0.2, -0.15) is 0 Å². The second-order valence-corrected chi connectivity index (χ2v) is 5.13. The monoisotopic (exact) mass is 312 g/mol. The van der Waals surface area contributed by atoms with Gasteiger partial charge >= 0.3 is 5.97 Å². The van der Waals surface area contributed by atoms with E-state index in [1.54, 1.807) is 35.2 Å². The molecule has 1 aromatic heterocycles. The minimum atomic E-state index is -0.378. The zero-order chi connectivity index (χ0) is 16.4. The van der Waals surface area contributed by atoms with Crippen molar-refractivity contribution in [1.82, 2.24) is 4.98 Å². The maximum atomic E-state index is 12.6. The molecule has 1 aliphatic rings. The molecule has 6 heteroatoms. The van der Waals surface area contributed by atoms with Gasteiger partial charge in [-0.25, -0.2) is 9.78 Å². The molecular formula is C17H16N2O4. The van der Waals surface area contributed by atoms with E-state index in [0.29, 0.717) is 30.0 Å². The Balaban J connectivity index is 1.86. The molecular weight excluding hydrogens is 296 g/mol. The molecule has 0 saturated heterocycles. The van der Waals surface area contributed by atoms with Crippen molar-refractivity contribution in [3.8, 4) is 5.88 Å². The highest BCUT2D eigenvalue weighted by molar-refractivity contribution is 6.07. The highest BCUT2D eigenvalue weighted by Gasteiger charge is 2.26. The highest BCUT2D eigenvalue weighted by Crippen LogP contribution is 2.30. The number of nitrogens with zero attached hydrogens (tertiary/aromatic N) is 2. The number of carbonyl (C=O) groups excluding carboxylic acids is 2. The lowest BCUT2D eigenvalue weighted by atomic mass is 10.1. The summed E-state index contributed by atoms with van der Waals surface area (Å²) in [5, 5.41) is 0. The van der Waals surface area contributed by atoms with Crippen LogP contribution in [0.4, 0.5) is 5.69 Å². The first-order valence-corrected chi connectivity index (χ1v) is 7.17. The second-order valence-electron chi connectivity index (χ2n) is 5.13. The number of benzene rings is 1. The standard InChI is InChI=1S/C17H16N2O4/c1-22-15-6-4-13(10-18-15)16(20)19-8-7-11-9-12(17(21)23-2)3-5-14(11)19/h3-6,9-10H,7-8H2,1-2H3. The summed E-state index contributed by atoms with van der Waals surface area (Å²) < 4.78 is 9.72. The van der Waals surface area contributed by atoms with Gasteiger partial charge in [-0.3, -0.25) is 4.79 Å². The SMILES string of the molecule is COC(=O)c1ccc2c(c1)CCN2C(=O)c1ccc(OC)nc1. The number of hydrogen-bond donors (Lipinski definition) is 0. The van der Waals surface area contributed by atoms with Crippen molar-refractivity contribution in [2.24, 2.45) is 0 Å². The Bertz CT molecular complexity index is 756. The van der Waals surface area contributed by atoms with Crippen LogP contribution in [0.3, 0.4) is 0 Å². The van der Waals surface area contributed by atoms with Crippen LogP contribution in [0.1, 0.15) is 26.3 Å². The number of fused-ring (bicyclic) bond motifs is 1. The van der Waals surface area contributed by atoms with Gasteiger partial charge in [0.1, 0.15) is 0 Å². The van der Waals surface area contributed by atoms with Gasteiger partial charge < -0.3 is 14.4 Å². The van der Waals surface area contributed by atoms with E-state index in [2.05, 4.69) is 4.98 Å². The zero-order valence-electron chi connectivity index (χ0n) is 12.9. The number of esters is 1. The van der Waals surface area contributed by atoms with Gasteiger partial charge in [0.05, 0.1) is 25.3 Å². The van der Waals surface area contributed by atoms with E-state index in [0.717, 1.165) is 11.3 Å². The Labute approximate surface area is 133 Å². The van der Waals surface area contributed by atoms with Gasteiger partial charge in [0, 0.05) is 24.5 Å². The van der Waals surface area contributed by atoms with E-state index in [-0.39, 0.29) is 11.9 Å². The molecule has 0 N–H and O–H groups in total. The Morgan fingerprint density at radius 3 is 2.57 bits per heavy atom. The van der Waals surface area contributed by atoms with E-state index in [1.165, 1.54) is 20.4 Å². The molecule has 0 spiro atoms. The van der Waals surface area contributed by atoms with Gasteiger partial charge in [0.15, 0.2) is 0 Å². The molecule has 0 radical (unpaired) electrons. The summed E-state index contributed by atoms with van der Waals surface area (Å²) in [6, 6.07) is 8.58. The fraction of sp³-hybridized carbons (Fsp3) is 0.235. The van der Waals surface area contributed by atoms with Crippen LogP contribution in [-0.4, -0.2) is 37.6 Å². The summed E-state index contributed by atoms with van der Waals surface area (Å²) in [5.41, 5.74) is 2.77. The summed E-state index contributed by atoms with van der Waals surface area (Å²) in [6.45, 7) is 0.574. The predicted molar refractivity (Wildman–Crippen MR) is 84.0 cm³/mol. The molecule has 1 aliphatic heterocycles. The predicted octanol–water partition coefficient (Wildman–Crippen LogP) is 2.08. The van der Waals surface area contributed by atoms with Crippen molar-refractivity contribution in [2.75, 3.05) is 25.7 Å². The Morgan fingerprint density at radius 1 is 1.13 bits per heavy atom. The van der Waals surface area contributed by atoms with E-state index in [4.69, 9.17) is 9.47 Å². The maximum absolute atomic E-state index is 12.6. The van der Waals surface area contributed by atoms with Gasteiger partial charge in [-0.1, -0.05) is 0 Å². The van der Waals surface area contributed by atoms with Crippen LogP contribution in [0.5, 0.6) is 5.88 Å². The van der Waals surface area contributed by atoms with E-state index in [9.17, 15) is 9.59 Å². The summed E-state index contributed by atoms with van der Waals surface area (Å²) in [7, 11) is 2.88. The first-order chi connectivity index (χ1) is 11.1.